The maximum atomic E-state index is 12.7. The van der Waals surface area contributed by atoms with Gasteiger partial charge in [0.15, 0.2) is 0 Å². The van der Waals surface area contributed by atoms with Crippen LogP contribution in [0, 0.1) is 12.7 Å². The minimum Gasteiger partial charge on any atom is -0.478 e. The molecule has 0 atom stereocenters. The molecule has 0 radical (unpaired) electrons. The number of thioether (sulfide) groups is 1. The lowest BCUT2D eigenvalue weighted by Crippen LogP contribution is -1.85. The van der Waals surface area contributed by atoms with Crippen LogP contribution >= 0.6 is 11.8 Å². The molecule has 0 fully saturated rings. The number of rotatable bonds is 3. The van der Waals surface area contributed by atoms with Gasteiger partial charge in [-0.25, -0.2) is 9.18 Å². The van der Waals surface area contributed by atoms with Crippen LogP contribution in [0.15, 0.2) is 34.6 Å². The van der Waals surface area contributed by atoms with Crippen LogP contribution in [-0.4, -0.2) is 11.1 Å². The van der Waals surface area contributed by atoms with Gasteiger partial charge >= 0.3 is 5.97 Å². The van der Waals surface area contributed by atoms with Crippen molar-refractivity contribution in [2.24, 2.45) is 0 Å². The van der Waals surface area contributed by atoms with Gasteiger partial charge in [0.2, 0.25) is 0 Å². The van der Waals surface area contributed by atoms with E-state index in [-0.39, 0.29) is 5.82 Å². The molecule has 0 aliphatic carbocycles. The van der Waals surface area contributed by atoms with Crippen LogP contribution in [0.4, 0.5) is 4.39 Å². The monoisotopic (exact) mass is 212 g/mol. The highest BCUT2D eigenvalue weighted by atomic mass is 32.2. The Bertz CT molecular complexity index is 374. The maximum Gasteiger partial charge on any atom is 0.328 e. The highest BCUT2D eigenvalue weighted by Gasteiger charge is 1.98. The molecule has 0 saturated heterocycles. The fraction of sp³-hybridized carbons (Fsp3) is 0.100. The van der Waals surface area contributed by atoms with Gasteiger partial charge in [0.25, 0.3) is 0 Å². The molecule has 1 rings (SSSR count). The summed E-state index contributed by atoms with van der Waals surface area (Å²) in [4.78, 5) is 11.0. The molecule has 0 aromatic heterocycles. The Morgan fingerprint density at radius 3 is 2.86 bits per heavy atom. The second-order valence-electron chi connectivity index (χ2n) is 2.67. The van der Waals surface area contributed by atoms with Gasteiger partial charge < -0.3 is 5.11 Å². The van der Waals surface area contributed by atoms with Crippen LogP contribution in [0.25, 0.3) is 0 Å². The first kappa shape index (κ1) is 10.8. The third-order valence-electron chi connectivity index (χ3n) is 1.54. The van der Waals surface area contributed by atoms with E-state index in [1.54, 1.807) is 13.0 Å². The number of carboxylic acid groups (broad SMARTS) is 1. The van der Waals surface area contributed by atoms with Crippen molar-refractivity contribution in [1.29, 1.82) is 0 Å². The van der Waals surface area contributed by atoms with Gasteiger partial charge in [0.05, 0.1) is 0 Å². The van der Waals surface area contributed by atoms with E-state index in [4.69, 9.17) is 5.11 Å². The summed E-state index contributed by atoms with van der Waals surface area (Å²) in [5, 5.41) is 9.81. The quantitative estimate of drug-likeness (QED) is 0.618. The minimum atomic E-state index is -0.989. The largest absolute Gasteiger partial charge is 0.478 e. The summed E-state index contributed by atoms with van der Waals surface area (Å²) in [6, 6.07) is 4.39. The van der Waals surface area contributed by atoms with E-state index in [0.29, 0.717) is 0 Å². The lowest BCUT2D eigenvalue weighted by molar-refractivity contribution is -0.131. The molecule has 0 amide bonds. The summed E-state index contributed by atoms with van der Waals surface area (Å²) in [7, 11) is 0. The number of halogens is 1. The summed E-state index contributed by atoms with van der Waals surface area (Å²) >= 11 is 1.26. The zero-order valence-electron chi connectivity index (χ0n) is 7.53. The van der Waals surface area contributed by atoms with Crippen molar-refractivity contribution in [2.75, 3.05) is 0 Å². The number of carbonyl (C=O) groups is 1. The van der Waals surface area contributed by atoms with Crippen molar-refractivity contribution in [2.45, 2.75) is 11.8 Å². The zero-order chi connectivity index (χ0) is 10.6. The van der Waals surface area contributed by atoms with E-state index in [0.717, 1.165) is 16.5 Å². The van der Waals surface area contributed by atoms with Crippen LogP contribution in [0.2, 0.25) is 0 Å². The molecule has 0 aliphatic rings. The molecular weight excluding hydrogens is 203 g/mol. The Morgan fingerprint density at radius 1 is 1.57 bits per heavy atom. The van der Waals surface area contributed by atoms with Crippen molar-refractivity contribution in [1.82, 2.24) is 0 Å². The number of aryl methyl sites for hydroxylation is 1. The standard InChI is InChI=1S/C10H9FO2S/c1-7-6-8(11)2-3-9(7)14-5-4-10(12)13/h2-6H,1H3,(H,12,13)/b5-4+. The van der Waals surface area contributed by atoms with Crippen molar-refractivity contribution in [3.63, 3.8) is 0 Å². The fourth-order valence-electron chi connectivity index (χ4n) is 0.911. The van der Waals surface area contributed by atoms with Gasteiger partial charge in [0, 0.05) is 11.0 Å². The zero-order valence-corrected chi connectivity index (χ0v) is 8.34. The predicted molar refractivity (Wildman–Crippen MR) is 53.8 cm³/mol. The summed E-state index contributed by atoms with van der Waals surface area (Å²) in [5.41, 5.74) is 0.796. The summed E-state index contributed by atoms with van der Waals surface area (Å²) in [5.74, 6) is -1.27. The molecule has 1 N–H and O–H groups in total. The molecule has 0 saturated carbocycles. The highest BCUT2D eigenvalue weighted by molar-refractivity contribution is 8.02. The Kier molecular flexibility index (Phi) is 3.71. The van der Waals surface area contributed by atoms with Crippen LogP contribution in [-0.2, 0) is 4.79 Å². The molecule has 0 spiro atoms. The van der Waals surface area contributed by atoms with E-state index < -0.39 is 5.97 Å². The lowest BCUT2D eigenvalue weighted by atomic mass is 10.2. The molecular formula is C10H9FO2S. The molecule has 2 nitrogen and oxygen atoms in total. The van der Waals surface area contributed by atoms with Crippen LogP contribution < -0.4 is 0 Å². The Balaban J connectivity index is 2.73. The van der Waals surface area contributed by atoms with Crippen molar-refractivity contribution >= 4 is 17.7 Å². The maximum absolute atomic E-state index is 12.7. The number of hydrogen-bond acceptors (Lipinski definition) is 2. The molecule has 0 aliphatic heterocycles. The normalized spacial score (nSPS) is 10.7. The summed E-state index contributed by atoms with van der Waals surface area (Å²) < 4.78 is 12.7. The Labute approximate surface area is 85.4 Å². The molecule has 14 heavy (non-hydrogen) atoms. The van der Waals surface area contributed by atoms with Gasteiger partial charge in [0.1, 0.15) is 5.82 Å². The van der Waals surface area contributed by atoms with E-state index in [1.807, 2.05) is 0 Å². The van der Waals surface area contributed by atoms with Gasteiger partial charge in [-0.15, -0.1) is 0 Å². The van der Waals surface area contributed by atoms with Gasteiger partial charge in [-0.05, 0) is 36.1 Å². The molecule has 1 aromatic carbocycles. The Morgan fingerprint density at radius 2 is 2.29 bits per heavy atom. The minimum absolute atomic E-state index is 0.283. The number of benzene rings is 1. The van der Waals surface area contributed by atoms with Gasteiger partial charge in [-0.1, -0.05) is 11.8 Å². The Hall–Kier alpha value is -1.29. The van der Waals surface area contributed by atoms with Crippen LogP contribution in [0.3, 0.4) is 0 Å². The number of hydrogen-bond donors (Lipinski definition) is 1. The predicted octanol–water partition coefficient (Wildman–Crippen LogP) is 2.82. The molecule has 0 bridgehead atoms. The first-order valence-electron chi connectivity index (χ1n) is 3.92. The van der Waals surface area contributed by atoms with E-state index in [9.17, 15) is 9.18 Å². The lowest BCUT2D eigenvalue weighted by Gasteiger charge is -2.00. The van der Waals surface area contributed by atoms with E-state index in [1.165, 1.54) is 29.3 Å². The van der Waals surface area contributed by atoms with Gasteiger partial charge in [-0.3, -0.25) is 0 Å². The number of carboxylic acids is 1. The summed E-state index contributed by atoms with van der Waals surface area (Å²) in [6.07, 6.45) is 1.05. The van der Waals surface area contributed by atoms with Crippen molar-refractivity contribution < 1.29 is 14.3 Å². The second-order valence-corrected chi connectivity index (χ2v) is 3.62. The third-order valence-corrected chi connectivity index (χ3v) is 2.53. The number of aliphatic carboxylic acids is 1. The van der Waals surface area contributed by atoms with Crippen LogP contribution in [0.1, 0.15) is 5.56 Å². The molecule has 74 valence electrons. The fourth-order valence-corrected chi connectivity index (χ4v) is 1.63. The van der Waals surface area contributed by atoms with Crippen molar-refractivity contribution in [3.8, 4) is 0 Å². The molecule has 1 aromatic rings. The smallest absolute Gasteiger partial charge is 0.328 e. The summed E-state index contributed by atoms with van der Waals surface area (Å²) in [6.45, 7) is 1.78. The average Bonchev–Trinajstić information content (AvgIpc) is 2.08. The molecule has 0 unspecified atom stereocenters. The second kappa shape index (κ2) is 4.81. The molecule has 0 heterocycles. The first-order valence-corrected chi connectivity index (χ1v) is 4.80. The topological polar surface area (TPSA) is 37.3 Å². The van der Waals surface area contributed by atoms with Crippen molar-refractivity contribution in [3.05, 3.63) is 41.1 Å². The third kappa shape index (κ3) is 3.22. The van der Waals surface area contributed by atoms with Gasteiger partial charge in [-0.2, -0.15) is 0 Å². The highest BCUT2D eigenvalue weighted by Crippen LogP contribution is 2.23. The average molecular weight is 212 g/mol. The molecule has 4 heteroatoms. The van der Waals surface area contributed by atoms with E-state index in [2.05, 4.69) is 0 Å². The van der Waals surface area contributed by atoms with E-state index >= 15 is 0 Å². The first-order chi connectivity index (χ1) is 6.59. The SMILES string of the molecule is Cc1cc(F)ccc1S/C=C/C(=O)O. The van der Waals surface area contributed by atoms with Crippen LogP contribution in [0.5, 0.6) is 0 Å².